The minimum Gasteiger partial charge on any atom is -0.394 e. The lowest BCUT2D eigenvalue weighted by Crippen LogP contribution is -2.29. The van der Waals surface area contributed by atoms with Gasteiger partial charge >= 0.3 is 0 Å². The van der Waals surface area contributed by atoms with Crippen LogP contribution in [0.5, 0.6) is 0 Å². The molecule has 24 heavy (non-hydrogen) atoms. The van der Waals surface area contributed by atoms with Crippen molar-refractivity contribution in [1.29, 1.82) is 0 Å². The van der Waals surface area contributed by atoms with Gasteiger partial charge in [0.05, 0.1) is 12.9 Å². The first-order valence-corrected chi connectivity index (χ1v) is 7.71. The van der Waals surface area contributed by atoms with Crippen LogP contribution in [0.2, 0.25) is 0 Å². The standard InChI is InChI=1S/C14H20FN5O4/c1-6(2)3-16-14-18-11-9(12(23)19-14)17-5-20(11)13-10(22)8(15)7(4-21)24-13/h5-8,10,13,21-22H,3-4H2,1-2H3,(H2,16,18,19,23)/t7-,8-,10-,13-/m1/s1. The number of H-pyrrole nitrogens is 1. The molecule has 4 atom stereocenters. The topological polar surface area (TPSA) is 125 Å². The van der Waals surface area contributed by atoms with Gasteiger partial charge in [0.25, 0.3) is 5.56 Å². The van der Waals surface area contributed by atoms with E-state index in [4.69, 9.17) is 9.84 Å². The number of aromatic nitrogens is 4. The second kappa shape index (κ2) is 6.46. The van der Waals surface area contributed by atoms with Crippen molar-refractivity contribution in [3.63, 3.8) is 0 Å². The summed E-state index contributed by atoms with van der Waals surface area (Å²) >= 11 is 0. The number of aromatic amines is 1. The third kappa shape index (κ3) is 2.87. The molecule has 4 N–H and O–H groups in total. The van der Waals surface area contributed by atoms with E-state index in [0.29, 0.717) is 12.5 Å². The van der Waals surface area contributed by atoms with E-state index in [1.807, 2.05) is 13.8 Å². The molecule has 0 amide bonds. The Bertz CT molecular complexity index is 776. The maximum Gasteiger partial charge on any atom is 0.280 e. The fourth-order valence-electron chi connectivity index (χ4n) is 2.58. The highest BCUT2D eigenvalue weighted by atomic mass is 19.1. The van der Waals surface area contributed by atoms with Gasteiger partial charge in [0.2, 0.25) is 5.95 Å². The predicted octanol–water partition coefficient (Wildman–Crippen LogP) is -0.224. The van der Waals surface area contributed by atoms with Gasteiger partial charge in [-0.1, -0.05) is 13.8 Å². The predicted molar refractivity (Wildman–Crippen MR) is 83.4 cm³/mol. The summed E-state index contributed by atoms with van der Waals surface area (Å²) in [5.41, 5.74) is -0.225. The number of ether oxygens (including phenoxy) is 1. The average molecular weight is 341 g/mol. The van der Waals surface area contributed by atoms with Gasteiger partial charge < -0.3 is 20.3 Å². The number of rotatable bonds is 5. The molecule has 0 radical (unpaired) electrons. The molecule has 0 aromatic carbocycles. The monoisotopic (exact) mass is 341 g/mol. The van der Waals surface area contributed by atoms with Crippen LogP contribution >= 0.6 is 0 Å². The van der Waals surface area contributed by atoms with Crippen molar-refractivity contribution < 1.29 is 19.3 Å². The van der Waals surface area contributed by atoms with Crippen molar-refractivity contribution in [1.82, 2.24) is 19.5 Å². The van der Waals surface area contributed by atoms with E-state index in [2.05, 4.69) is 20.3 Å². The molecule has 2 aromatic heterocycles. The Hall–Kier alpha value is -2.04. The number of anilines is 1. The minimum absolute atomic E-state index is 0.0590. The number of imidazole rings is 1. The number of aliphatic hydroxyl groups excluding tert-OH is 2. The average Bonchev–Trinajstić information content (AvgIpc) is 3.08. The summed E-state index contributed by atoms with van der Waals surface area (Å²) in [6.07, 6.45) is -4.22. The summed E-state index contributed by atoms with van der Waals surface area (Å²) in [6, 6.07) is 0. The molecule has 2 aromatic rings. The third-order valence-corrected chi connectivity index (χ3v) is 3.85. The summed E-state index contributed by atoms with van der Waals surface area (Å²) in [7, 11) is 0. The molecule has 1 saturated heterocycles. The lowest BCUT2D eigenvalue weighted by molar-refractivity contribution is -0.0495. The third-order valence-electron chi connectivity index (χ3n) is 3.85. The molecule has 9 nitrogen and oxygen atoms in total. The molecule has 10 heteroatoms. The maximum atomic E-state index is 13.9. The van der Waals surface area contributed by atoms with Crippen LogP contribution in [0.25, 0.3) is 11.2 Å². The van der Waals surface area contributed by atoms with Crippen LogP contribution in [0.4, 0.5) is 10.3 Å². The number of nitrogens with one attached hydrogen (secondary N) is 2. The van der Waals surface area contributed by atoms with Crippen LogP contribution in [-0.4, -0.2) is 61.3 Å². The number of hydrogen-bond donors (Lipinski definition) is 4. The van der Waals surface area contributed by atoms with Crippen LogP contribution in [0.1, 0.15) is 20.1 Å². The van der Waals surface area contributed by atoms with E-state index in [0.717, 1.165) is 0 Å². The molecule has 3 rings (SSSR count). The lowest BCUT2D eigenvalue weighted by Gasteiger charge is -2.16. The van der Waals surface area contributed by atoms with Gasteiger partial charge in [-0.2, -0.15) is 4.98 Å². The van der Waals surface area contributed by atoms with Crippen LogP contribution < -0.4 is 10.9 Å². The molecule has 0 bridgehead atoms. The van der Waals surface area contributed by atoms with E-state index in [-0.39, 0.29) is 17.1 Å². The lowest BCUT2D eigenvalue weighted by atomic mass is 10.1. The fourth-order valence-corrected chi connectivity index (χ4v) is 2.58. The summed E-state index contributed by atoms with van der Waals surface area (Å²) < 4.78 is 20.6. The van der Waals surface area contributed by atoms with Gasteiger partial charge in [0.15, 0.2) is 23.6 Å². The first-order valence-electron chi connectivity index (χ1n) is 7.71. The van der Waals surface area contributed by atoms with Gasteiger partial charge in [-0.15, -0.1) is 0 Å². The van der Waals surface area contributed by atoms with Crippen molar-refractivity contribution >= 4 is 17.1 Å². The second-order valence-electron chi connectivity index (χ2n) is 6.20. The number of alkyl halides is 1. The Kier molecular flexibility index (Phi) is 4.52. The molecule has 0 unspecified atom stereocenters. The van der Waals surface area contributed by atoms with Crippen LogP contribution in [0, 0.1) is 5.92 Å². The normalized spacial score (nSPS) is 27.2. The van der Waals surface area contributed by atoms with Crippen LogP contribution in [-0.2, 0) is 4.74 Å². The Morgan fingerprint density at radius 1 is 1.54 bits per heavy atom. The van der Waals surface area contributed by atoms with Crippen molar-refractivity contribution in [3.8, 4) is 0 Å². The van der Waals surface area contributed by atoms with Crippen molar-refractivity contribution in [2.24, 2.45) is 5.92 Å². The Morgan fingerprint density at radius 3 is 2.92 bits per heavy atom. The van der Waals surface area contributed by atoms with Gasteiger partial charge in [0.1, 0.15) is 12.2 Å². The van der Waals surface area contributed by atoms with E-state index in [1.54, 1.807) is 0 Å². The molecule has 0 spiro atoms. The van der Waals surface area contributed by atoms with Crippen LogP contribution in [0.15, 0.2) is 11.1 Å². The van der Waals surface area contributed by atoms with E-state index in [9.17, 15) is 14.3 Å². The highest BCUT2D eigenvalue weighted by Crippen LogP contribution is 2.32. The maximum absolute atomic E-state index is 13.9. The van der Waals surface area contributed by atoms with Gasteiger partial charge in [0, 0.05) is 6.54 Å². The Labute approximate surface area is 136 Å². The molecule has 1 aliphatic rings. The zero-order chi connectivity index (χ0) is 17.4. The quantitative estimate of drug-likeness (QED) is 0.592. The SMILES string of the molecule is CC(C)CNc1nc2c(ncn2[C@@H]2O[C@H](CO)[C@@H](F)[C@H]2O)c(=O)[nH]1. The highest BCUT2D eigenvalue weighted by molar-refractivity contribution is 5.70. The van der Waals surface area contributed by atoms with E-state index >= 15 is 0 Å². The zero-order valence-electron chi connectivity index (χ0n) is 13.3. The summed E-state index contributed by atoms with van der Waals surface area (Å²) in [5, 5.41) is 22.1. The minimum atomic E-state index is -1.74. The number of aliphatic hydroxyl groups is 2. The summed E-state index contributed by atoms with van der Waals surface area (Å²) in [4.78, 5) is 22.9. The first-order chi connectivity index (χ1) is 11.4. The molecular weight excluding hydrogens is 321 g/mol. The van der Waals surface area contributed by atoms with E-state index < -0.39 is 36.8 Å². The van der Waals surface area contributed by atoms with Gasteiger partial charge in [-0.05, 0) is 5.92 Å². The number of hydrogen-bond acceptors (Lipinski definition) is 7. The fraction of sp³-hybridized carbons (Fsp3) is 0.643. The molecule has 1 aliphatic heterocycles. The largest absolute Gasteiger partial charge is 0.394 e. The van der Waals surface area contributed by atoms with Crippen LogP contribution in [0.3, 0.4) is 0 Å². The molecule has 0 saturated carbocycles. The van der Waals surface area contributed by atoms with Gasteiger partial charge in [-0.3, -0.25) is 14.3 Å². The van der Waals surface area contributed by atoms with Crippen molar-refractivity contribution in [3.05, 3.63) is 16.7 Å². The molecule has 3 heterocycles. The highest BCUT2D eigenvalue weighted by Gasteiger charge is 2.45. The van der Waals surface area contributed by atoms with Crippen molar-refractivity contribution in [2.75, 3.05) is 18.5 Å². The summed E-state index contributed by atoms with van der Waals surface area (Å²) in [6.45, 7) is 4.06. The second-order valence-corrected chi connectivity index (χ2v) is 6.20. The van der Waals surface area contributed by atoms with Gasteiger partial charge in [-0.25, -0.2) is 9.37 Å². The molecule has 132 valence electrons. The number of fused-ring (bicyclic) bond motifs is 1. The first kappa shape index (κ1) is 16.8. The van der Waals surface area contributed by atoms with E-state index in [1.165, 1.54) is 10.9 Å². The number of nitrogens with zero attached hydrogens (tertiary/aromatic N) is 3. The summed E-state index contributed by atoms with van der Waals surface area (Å²) in [5.74, 6) is 0.597. The molecule has 1 fully saturated rings. The Morgan fingerprint density at radius 2 is 2.29 bits per heavy atom. The Balaban J connectivity index is 1.98. The smallest absolute Gasteiger partial charge is 0.280 e. The molecule has 0 aliphatic carbocycles. The number of halogens is 1. The van der Waals surface area contributed by atoms with Crippen molar-refractivity contribution in [2.45, 2.75) is 38.5 Å². The zero-order valence-corrected chi connectivity index (χ0v) is 13.3. The molecular formula is C14H20FN5O4.